The molecule has 0 saturated carbocycles. The van der Waals surface area contributed by atoms with Gasteiger partial charge < -0.3 is 4.40 Å². The van der Waals surface area contributed by atoms with Crippen molar-refractivity contribution in [3.8, 4) is 24.3 Å². The van der Waals surface area contributed by atoms with Gasteiger partial charge in [-0.3, -0.25) is 0 Å². The van der Waals surface area contributed by atoms with Gasteiger partial charge in [0.15, 0.2) is 0 Å². The molecule has 0 radical (unpaired) electrons. The molecule has 0 saturated heterocycles. The SMILES string of the molecule is CC(C)(C)c1cc2c(=C(C#N)C#N)cc3c4ccccc4c4cc(=C(C#N)C#N)c(c1)c2n34. The van der Waals surface area contributed by atoms with Crippen LogP contribution in [0, 0.1) is 45.3 Å². The van der Waals surface area contributed by atoms with Gasteiger partial charge in [-0.25, -0.2) is 0 Å². The average molecular weight is 423 g/mol. The summed E-state index contributed by atoms with van der Waals surface area (Å²) in [6, 6.07) is 24.0. The first-order valence-electron chi connectivity index (χ1n) is 10.5. The lowest BCUT2D eigenvalue weighted by Gasteiger charge is -2.22. The Morgan fingerprint density at radius 3 is 1.45 bits per heavy atom. The van der Waals surface area contributed by atoms with E-state index in [-0.39, 0.29) is 16.6 Å². The predicted molar refractivity (Wildman–Crippen MR) is 128 cm³/mol. The summed E-state index contributed by atoms with van der Waals surface area (Å²) in [5.41, 5.74) is 3.36. The summed E-state index contributed by atoms with van der Waals surface area (Å²) in [7, 11) is 0. The maximum Gasteiger partial charge on any atom is 0.137 e. The van der Waals surface area contributed by atoms with Crippen molar-refractivity contribution < 1.29 is 0 Å². The second-order valence-corrected chi connectivity index (χ2v) is 9.13. The third-order valence-corrected chi connectivity index (χ3v) is 6.29. The van der Waals surface area contributed by atoms with Gasteiger partial charge in [0.25, 0.3) is 0 Å². The average Bonchev–Trinajstić information content (AvgIpc) is 3.13. The highest BCUT2D eigenvalue weighted by atomic mass is 14.9. The number of fused-ring (bicyclic) bond motifs is 3. The number of nitriles is 4. The van der Waals surface area contributed by atoms with Crippen LogP contribution in [0.2, 0.25) is 0 Å². The third kappa shape index (κ3) is 2.68. The van der Waals surface area contributed by atoms with Crippen LogP contribution in [0.25, 0.3) is 49.2 Å². The summed E-state index contributed by atoms with van der Waals surface area (Å²) in [5, 5.41) is 43.5. The number of nitrogens with zero attached hydrogens (tertiary/aromatic N) is 5. The Bertz CT molecular complexity index is 1770. The monoisotopic (exact) mass is 423 g/mol. The number of rotatable bonds is 0. The van der Waals surface area contributed by atoms with Crippen molar-refractivity contribution in [2.75, 3.05) is 0 Å². The Kier molecular flexibility index (Phi) is 4.16. The van der Waals surface area contributed by atoms with Gasteiger partial charge in [0.1, 0.15) is 35.4 Å². The van der Waals surface area contributed by atoms with Crippen molar-refractivity contribution in [3.05, 3.63) is 64.5 Å². The molecule has 0 fully saturated rings. The standard InChI is InChI=1S/C28H17N5/c1-28(2,3)18-8-23-21(16(12-29)13-30)10-25-19-6-4-5-7-20(19)26-11-22(17(14-31)15-32)24(9-18)27(23)33(25)26/h4-11H,1-3H3. The summed E-state index contributed by atoms with van der Waals surface area (Å²) < 4.78 is 2.12. The van der Waals surface area contributed by atoms with E-state index in [0.29, 0.717) is 10.4 Å². The summed E-state index contributed by atoms with van der Waals surface area (Å²) >= 11 is 0. The summed E-state index contributed by atoms with van der Waals surface area (Å²) in [5.74, 6) is 0. The number of benzene rings is 2. The molecule has 5 heteroatoms. The van der Waals surface area contributed by atoms with Gasteiger partial charge in [-0.1, -0.05) is 45.0 Å². The smallest absolute Gasteiger partial charge is 0.137 e. The molecule has 0 aliphatic heterocycles. The molecule has 0 aliphatic carbocycles. The molecule has 0 spiro atoms. The molecule has 5 nitrogen and oxygen atoms in total. The van der Waals surface area contributed by atoms with Crippen LogP contribution in [0.1, 0.15) is 26.3 Å². The van der Waals surface area contributed by atoms with E-state index in [9.17, 15) is 21.0 Å². The molecule has 0 atom stereocenters. The van der Waals surface area contributed by atoms with Gasteiger partial charge in [-0.15, -0.1) is 0 Å². The zero-order valence-electron chi connectivity index (χ0n) is 18.4. The minimum Gasteiger partial charge on any atom is -0.308 e. The predicted octanol–water partition coefficient (Wildman–Crippen LogP) is 4.53. The van der Waals surface area contributed by atoms with Crippen molar-refractivity contribution >= 4 is 49.2 Å². The first-order chi connectivity index (χ1) is 15.8. The van der Waals surface area contributed by atoms with Gasteiger partial charge in [0, 0.05) is 32.0 Å². The fourth-order valence-electron chi connectivity index (χ4n) is 4.68. The first kappa shape index (κ1) is 20.1. The highest BCUT2D eigenvalue weighted by Crippen LogP contribution is 2.34. The molecule has 0 aliphatic rings. The molecule has 5 aromatic rings. The topological polar surface area (TPSA) is 99.6 Å². The highest BCUT2D eigenvalue weighted by molar-refractivity contribution is 6.15. The van der Waals surface area contributed by atoms with Gasteiger partial charge >= 0.3 is 0 Å². The van der Waals surface area contributed by atoms with Crippen molar-refractivity contribution in [2.45, 2.75) is 26.2 Å². The Morgan fingerprint density at radius 2 is 1.09 bits per heavy atom. The lowest BCUT2D eigenvalue weighted by atomic mass is 9.84. The van der Waals surface area contributed by atoms with Crippen LogP contribution in [0.15, 0.2) is 48.5 Å². The largest absolute Gasteiger partial charge is 0.308 e. The molecule has 0 amide bonds. The first-order valence-corrected chi connectivity index (χ1v) is 10.5. The van der Waals surface area contributed by atoms with Gasteiger partial charge in [-0.2, -0.15) is 21.0 Å². The van der Waals surface area contributed by atoms with Crippen molar-refractivity contribution in [1.29, 1.82) is 21.0 Å². The van der Waals surface area contributed by atoms with E-state index < -0.39 is 0 Å². The van der Waals surface area contributed by atoms with Crippen LogP contribution in [0.3, 0.4) is 0 Å². The molecule has 3 aromatic heterocycles. The van der Waals surface area contributed by atoms with Crippen LogP contribution < -0.4 is 10.4 Å². The normalized spacial score (nSPS) is 11.4. The van der Waals surface area contributed by atoms with Crippen LogP contribution in [0.5, 0.6) is 0 Å². The molecular weight excluding hydrogens is 406 g/mol. The van der Waals surface area contributed by atoms with Crippen LogP contribution in [-0.2, 0) is 5.41 Å². The molecule has 0 N–H and O–H groups in total. The summed E-state index contributed by atoms with van der Waals surface area (Å²) in [4.78, 5) is 0. The highest BCUT2D eigenvalue weighted by Gasteiger charge is 2.21. The van der Waals surface area contributed by atoms with Gasteiger partial charge in [-0.05, 0) is 35.2 Å². The lowest BCUT2D eigenvalue weighted by molar-refractivity contribution is 0.591. The molecule has 33 heavy (non-hydrogen) atoms. The Morgan fingerprint density at radius 1 is 0.667 bits per heavy atom. The van der Waals surface area contributed by atoms with E-state index in [4.69, 9.17) is 0 Å². The van der Waals surface area contributed by atoms with Crippen LogP contribution >= 0.6 is 0 Å². The molecule has 5 rings (SSSR count). The number of aromatic nitrogens is 1. The fourth-order valence-corrected chi connectivity index (χ4v) is 4.68. The Balaban J connectivity index is 2.32. The minimum absolute atomic E-state index is 0.0298. The zero-order chi connectivity index (χ0) is 23.5. The molecule has 0 unspecified atom stereocenters. The van der Waals surface area contributed by atoms with E-state index in [1.807, 2.05) is 48.5 Å². The number of pyridine rings is 2. The minimum atomic E-state index is -0.234. The molecule has 3 heterocycles. The zero-order valence-corrected chi connectivity index (χ0v) is 18.4. The van der Waals surface area contributed by atoms with Gasteiger partial charge in [0.05, 0.1) is 16.6 Å². The van der Waals surface area contributed by atoms with E-state index in [0.717, 1.165) is 43.7 Å². The Labute approximate surface area is 189 Å². The van der Waals surface area contributed by atoms with E-state index in [2.05, 4.69) is 49.4 Å². The maximum atomic E-state index is 9.74. The molecular formula is C28H17N5. The number of hydrogen-bond donors (Lipinski definition) is 0. The van der Waals surface area contributed by atoms with E-state index in [1.54, 1.807) is 0 Å². The molecule has 0 bridgehead atoms. The second-order valence-electron chi connectivity index (χ2n) is 9.13. The molecule has 2 aromatic carbocycles. The van der Waals surface area contributed by atoms with Crippen molar-refractivity contribution in [1.82, 2.24) is 4.40 Å². The second kappa shape index (κ2) is 6.83. The van der Waals surface area contributed by atoms with Crippen molar-refractivity contribution in [2.24, 2.45) is 0 Å². The Hall–Kier alpha value is -4.84. The summed E-state index contributed by atoms with van der Waals surface area (Å²) in [6.07, 6.45) is 0. The van der Waals surface area contributed by atoms with Crippen LogP contribution in [-0.4, -0.2) is 4.40 Å². The van der Waals surface area contributed by atoms with Crippen LogP contribution in [0.4, 0.5) is 0 Å². The summed E-state index contributed by atoms with van der Waals surface area (Å²) in [6.45, 7) is 6.25. The quantitative estimate of drug-likeness (QED) is 0.365. The van der Waals surface area contributed by atoms with Gasteiger partial charge in [0.2, 0.25) is 0 Å². The lowest BCUT2D eigenvalue weighted by Crippen LogP contribution is -2.18. The molecule has 154 valence electrons. The number of hydrogen-bond acceptors (Lipinski definition) is 4. The van der Waals surface area contributed by atoms with E-state index >= 15 is 0 Å². The third-order valence-electron chi connectivity index (χ3n) is 6.29. The fraction of sp³-hybridized carbons (Fsp3) is 0.143. The van der Waals surface area contributed by atoms with Crippen molar-refractivity contribution in [3.63, 3.8) is 0 Å². The van der Waals surface area contributed by atoms with E-state index in [1.165, 1.54) is 0 Å². The maximum absolute atomic E-state index is 9.74.